The summed E-state index contributed by atoms with van der Waals surface area (Å²) >= 11 is 3.13. The van der Waals surface area contributed by atoms with Crippen molar-refractivity contribution in [3.8, 4) is 11.1 Å². The van der Waals surface area contributed by atoms with E-state index >= 15 is 0 Å². The zero-order chi connectivity index (χ0) is 13.1. The van der Waals surface area contributed by atoms with Crippen molar-refractivity contribution < 1.29 is 13.6 Å². The van der Waals surface area contributed by atoms with Gasteiger partial charge >= 0.3 is 0 Å². The molecule has 2 aromatic carbocycles. The Balaban J connectivity index is 2.45. The number of alkyl halides is 2. The number of carbonyl (C=O) groups is 1. The highest BCUT2D eigenvalue weighted by Crippen LogP contribution is 2.31. The van der Waals surface area contributed by atoms with Crippen LogP contribution in [0, 0.1) is 0 Å². The van der Waals surface area contributed by atoms with Gasteiger partial charge < -0.3 is 0 Å². The summed E-state index contributed by atoms with van der Waals surface area (Å²) in [6, 6.07) is 11.6. The molecule has 0 amide bonds. The molecule has 18 heavy (non-hydrogen) atoms. The average molecular weight is 311 g/mol. The fourth-order valence-electron chi connectivity index (χ4n) is 1.68. The predicted molar refractivity (Wildman–Crippen MR) is 69.9 cm³/mol. The molecule has 92 valence electrons. The predicted octanol–water partition coefficient (Wildman–Crippen LogP) is 4.87. The molecule has 2 rings (SSSR count). The van der Waals surface area contributed by atoms with Crippen LogP contribution in [0.2, 0.25) is 0 Å². The van der Waals surface area contributed by atoms with Gasteiger partial charge in [0.25, 0.3) is 6.43 Å². The van der Waals surface area contributed by atoms with E-state index in [0.29, 0.717) is 10.0 Å². The Hall–Kier alpha value is -1.55. The highest BCUT2D eigenvalue weighted by molar-refractivity contribution is 9.10. The van der Waals surface area contributed by atoms with Crippen molar-refractivity contribution >= 4 is 22.2 Å². The van der Waals surface area contributed by atoms with Crippen LogP contribution in [0.3, 0.4) is 0 Å². The number of halogens is 3. The maximum Gasteiger partial charge on any atom is 0.264 e. The molecule has 1 nitrogen and oxygen atoms in total. The van der Waals surface area contributed by atoms with Gasteiger partial charge in [-0.25, -0.2) is 8.78 Å². The van der Waals surface area contributed by atoms with Crippen LogP contribution in [-0.2, 0) is 0 Å². The van der Waals surface area contributed by atoms with Crippen LogP contribution >= 0.6 is 15.9 Å². The van der Waals surface area contributed by atoms with Crippen LogP contribution in [0.1, 0.15) is 22.3 Å². The van der Waals surface area contributed by atoms with E-state index < -0.39 is 6.43 Å². The molecule has 0 heterocycles. The van der Waals surface area contributed by atoms with Gasteiger partial charge in [0.1, 0.15) is 6.29 Å². The highest BCUT2D eigenvalue weighted by atomic mass is 79.9. The lowest BCUT2D eigenvalue weighted by Gasteiger charge is -2.07. The quantitative estimate of drug-likeness (QED) is 0.739. The van der Waals surface area contributed by atoms with Crippen molar-refractivity contribution in [1.29, 1.82) is 0 Å². The molecule has 0 fully saturated rings. The van der Waals surface area contributed by atoms with E-state index in [4.69, 9.17) is 0 Å². The van der Waals surface area contributed by atoms with E-state index in [0.717, 1.165) is 17.4 Å². The number of carbonyl (C=O) groups excluding carboxylic acids is 1. The summed E-state index contributed by atoms with van der Waals surface area (Å²) in [5, 5.41) is 0. The molecule has 0 bridgehead atoms. The Morgan fingerprint density at radius 2 is 1.78 bits per heavy atom. The molecular formula is C14H9BrF2O. The van der Waals surface area contributed by atoms with Gasteiger partial charge in [-0.05, 0) is 23.3 Å². The first-order valence-corrected chi connectivity index (χ1v) is 6.04. The molecule has 0 aromatic heterocycles. The number of aldehydes is 1. The number of hydrogen-bond acceptors (Lipinski definition) is 1. The van der Waals surface area contributed by atoms with Crippen LogP contribution in [0.25, 0.3) is 11.1 Å². The van der Waals surface area contributed by atoms with Crippen LogP contribution < -0.4 is 0 Å². The van der Waals surface area contributed by atoms with E-state index in [1.807, 2.05) is 6.07 Å². The topological polar surface area (TPSA) is 17.1 Å². The highest BCUT2D eigenvalue weighted by Gasteiger charge is 2.12. The van der Waals surface area contributed by atoms with Crippen LogP contribution in [0.4, 0.5) is 8.78 Å². The lowest BCUT2D eigenvalue weighted by molar-refractivity contribution is 0.112. The lowest BCUT2D eigenvalue weighted by Crippen LogP contribution is -1.88. The molecule has 0 saturated heterocycles. The third-order valence-electron chi connectivity index (χ3n) is 2.59. The van der Waals surface area contributed by atoms with Crippen LogP contribution in [-0.4, -0.2) is 6.29 Å². The molecule has 0 aliphatic rings. The second-order valence-corrected chi connectivity index (χ2v) is 4.63. The first-order chi connectivity index (χ1) is 8.61. The Labute approximate surface area is 112 Å². The lowest BCUT2D eigenvalue weighted by atomic mass is 10.0. The minimum Gasteiger partial charge on any atom is -0.298 e. The first-order valence-electron chi connectivity index (χ1n) is 5.25. The standard InChI is InChI=1S/C14H9BrF2O/c15-13-7-11(4-5-12(13)14(16)17)10-3-1-2-9(6-10)8-18/h1-8,14H. The molecular weight excluding hydrogens is 302 g/mol. The molecule has 4 heteroatoms. The van der Waals surface area contributed by atoms with Crippen molar-refractivity contribution in [1.82, 2.24) is 0 Å². The molecule has 0 radical (unpaired) electrons. The Morgan fingerprint density at radius 3 is 2.39 bits per heavy atom. The van der Waals surface area contributed by atoms with E-state index in [-0.39, 0.29) is 5.56 Å². The molecule has 2 aromatic rings. The molecule has 0 unspecified atom stereocenters. The van der Waals surface area contributed by atoms with Crippen molar-refractivity contribution in [3.05, 3.63) is 58.1 Å². The molecule has 0 saturated carbocycles. The summed E-state index contributed by atoms with van der Waals surface area (Å²) in [6.07, 6.45) is -1.75. The largest absolute Gasteiger partial charge is 0.298 e. The monoisotopic (exact) mass is 310 g/mol. The fraction of sp³-hybridized carbons (Fsp3) is 0.0714. The van der Waals surface area contributed by atoms with Crippen LogP contribution in [0.5, 0.6) is 0 Å². The molecule has 0 atom stereocenters. The maximum atomic E-state index is 12.6. The maximum absolute atomic E-state index is 12.6. The Bertz CT molecular complexity index is 582. The van der Waals surface area contributed by atoms with Gasteiger partial charge in [0.15, 0.2) is 0 Å². The summed E-state index contributed by atoms with van der Waals surface area (Å²) in [7, 11) is 0. The van der Waals surface area contributed by atoms with Gasteiger partial charge in [-0.1, -0.05) is 46.3 Å². The minimum absolute atomic E-state index is 0.0368. The summed E-state index contributed by atoms with van der Waals surface area (Å²) in [4.78, 5) is 10.7. The third kappa shape index (κ3) is 2.64. The van der Waals surface area contributed by atoms with Gasteiger partial charge in [-0.15, -0.1) is 0 Å². The SMILES string of the molecule is O=Cc1cccc(-c2ccc(C(F)F)c(Br)c2)c1. The summed E-state index contributed by atoms with van der Waals surface area (Å²) in [5.41, 5.74) is 2.13. The molecule has 0 N–H and O–H groups in total. The Kier molecular flexibility index (Phi) is 3.87. The van der Waals surface area contributed by atoms with Crippen molar-refractivity contribution in [3.63, 3.8) is 0 Å². The first kappa shape index (κ1) is 12.9. The number of benzene rings is 2. The van der Waals surface area contributed by atoms with Gasteiger partial charge in [-0.3, -0.25) is 4.79 Å². The van der Waals surface area contributed by atoms with Crippen molar-refractivity contribution in [2.45, 2.75) is 6.43 Å². The average Bonchev–Trinajstić information content (AvgIpc) is 2.38. The summed E-state index contributed by atoms with van der Waals surface area (Å²) < 4.78 is 25.6. The number of hydrogen-bond donors (Lipinski definition) is 0. The fourth-order valence-corrected chi connectivity index (χ4v) is 2.23. The third-order valence-corrected chi connectivity index (χ3v) is 3.28. The van der Waals surface area contributed by atoms with E-state index in [2.05, 4.69) is 15.9 Å². The van der Waals surface area contributed by atoms with Gasteiger partial charge in [0.2, 0.25) is 0 Å². The molecule has 0 aliphatic carbocycles. The second kappa shape index (κ2) is 5.40. The normalized spacial score (nSPS) is 10.7. The Morgan fingerprint density at radius 1 is 1.06 bits per heavy atom. The van der Waals surface area contributed by atoms with Crippen molar-refractivity contribution in [2.75, 3.05) is 0 Å². The zero-order valence-corrected chi connectivity index (χ0v) is 10.8. The van der Waals surface area contributed by atoms with E-state index in [1.54, 1.807) is 30.3 Å². The second-order valence-electron chi connectivity index (χ2n) is 3.78. The van der Waals surface area contributed by atoms with Gasteiger partial charge in [-0.2, -0.15) is 0 Å². The smallest absolute Gasteiger partial charge is 0.264 e. The molecule has 0 aliphatic heterocycles. The minimum atomic E-state index is -2.50. The van der Waals surface area contributed by atoms with E-state index in [9.17, 15) is 13.6 Å². The summed E-state index contributed by atoms with van der Waals surface area (Å²) in [5.74, 6) is 0. The van der Waals surface area contributed by atoms with Crippen molar-refractivity contribution in [2.24, 2.45) is 0 Å². The van der Waals surface area contributed by atoms with E-state index in [1.165, 1.54) is 6.07 Å². The summed E-state index contributed by atoms with van der Waals surface area (Å²) in [6.45, 7) is 0. The number of rotatable bonds is 3. The zero-order valence-electron chi connectivity index (χ0n) is 9.24. The van der Waals surface area contributed by atoms with Crippen LogP contribution in [0.15, 0.2) is 46.9 Å². The molecule has 0 spiro atoms. The van der Waals surface area contributed by atoms with Gasteiger partial charge in [0.05, 0.1) is 0 Å². The van der Waals surface area contributed by atoms with Gasteiger partial charge in [0, 0.05) is 15.6 Å².